The largest absolute Gasteiger partial charge is 0.372 e. The summed E-state index contributed by atoms with van der Waals surface area (Å²) in [4.78, 5) is 9.20. The van der Waals surface area contributed by atoms with Gasteiger partial charge in [-0.15, -0.1) is 5.10 Å². The van der Waals surface area contributed by atoms with Crippen molar-refractivity contribution in [2.24, 2.45) is 0 Å². The van der Waals surface area contributed by atoms with Crippen LogP contribution in [0.1, 0.15) is 26.3 Å². The van der Waals surface area contributed by atoms with E-state index in [1.54, 1.807) is 6.20 Å². The van der Waals surface area contributed by atoms with Gasteiger partial charge in [-0.05, 0) is 63.1 Å². The van der Waals surface area contributed by atoms with Gasteiger partial charge in [0.05, 0.1) is 6.20 Å². The van der Waals surface area contributed by atoms with Crippen molar-refractivity contribution in [2.45, 2.75) is 33.2 Å². The number of benzene rings is 2. The monoisotopic (exact) mass is 374 g/mol. The maximum Gasteiger partial charge on any atom is 0.252 e. The van der Waals surface area contributed by atoms with Crippen LogP contribution in [0.2, 0.25) is 0 Å². The molecule has 0 saturated carbocycles. The van der Waals surface area contributed by atoms with Crippen molar-refractivity contribution in [3.05, 3.63) is 60.3 Å². The van der Waals surface area contributed by atoms with E-state index in [2.05, 4.69) is 94.6 Å². The molecule has 1 aliphatic heterocycles. The Labute approximate surface area is 166 Å². The Bertz CT molecular complexity index is 936. The molecule has 1 unspecified atom stereocenters. The molecule has 6 nitrogen and oxygen atoms in total. The molecule has 1 aliphatic rings. The van der Waals surface area contributed by atoms with Crippen LogP contribution in [0.4, 0.5) is 28.8 Å². The van der Waals surface area contributed by atoms with Crippen molar-refractivity contribution >= 4 is 28.8 Å². The number of rotatable bonds is 6. The fourth-order valence-electron chi connectivity index (χ4n) is 3.82. The van der Waals surface area contributed by atoms with Gasteiger partial charge in [0.1, 0.15) is 0 Å². The van der Waals surface area contributed by atoms with Gasteiger partial charge in [-0.3, -0.25) is 0 Å². The average molecular weight is 374 g/mol. The lowest BCUT2D eigenvalue weighted by Gasteiger charge is -2.22. The van der Waals surface area contributed by atoms with Crippen LogP contribution in [-0.4, -0.2) is 34.3 Å². The van der Waals surface area contributed by atoms with E-state index in [9.17, 15) is 0 Å². The van der Waals surface area contributed by atoms with E-state index in [0.717, 1.165) is 30.9 Å². The van der Waals surface area contributed by atoms with Gasteiger partial charge in [0.15, 0.2) is 5.82 Å². The van der Waals surface area contributed by atoms with Gasteiger partial charge in [0.25, 0.3) is 5.95 Å². The summed E-state index contributed by atoms with van der Waals surface area (Å²) < 4.78 is 0. The molecular weight excluding hydrogens is 348 g/mol. The highest BCUT2D eigenvalue weighted by Gasteiger charge is 2.29. The van der Waals surface area contributed by atoms with Gasteiger partial charge in [-0.25, -0.2) is 0 Å². The number of fused-ring (bicyclic) bond motifs is 1. The lowest BCUT2D eigenvalue weighted by molar-refractivity contribution is 0.730. The summed E-state index contributed by atoms with van der Waals surface area (Å²) in [5, 5.41) is 11.8. The number of hydrogen-bond acceptors (Lipinski definition) is 6. The molecule has 4 rings (SSSR count). The fraction of sp³-hybridized carbons (Fsp3) is 0.318. The maximum atomic E-state index is 4.72. The number of hydrogen-bond donors (Lipinski definition) is 1. The van der Waals surface area contributed by atoms with E-state index in [1.807, 2.05) is 0 Å². The standard InChI is InChI=1S/C22H26N6/c1-4-27(5-2)19-12-10-18(11-13-19)24-21-15-23-26-22(25-21)28-16(3)14-17-8-6-7-9-20(17)28/h6-13,15-16H,4-5,14H2,1-3H3,(H,24,25,26). The Balaban J connectivity index is 1.55. The zero-order chi connectivity index (χ0) is 19.5. The minimum absolute atomic E-state index is 0.308. The van der Waals surface area contributed by atoms with Crippen molar-refractivity contribution < 1.29 is 0 Å². The Morgan fingerprint density at radius 1 is 1.07 bits per heavy atom. The van der Waals surface area contributed by atoms with Crippen molar-refractivity contribution in [3.8, 4) is 0 Å². The highest BCUT2D eigenvalue weighted by Crippen LogP contribution is 2.36. The number of nitrogens with one attached hydrogen (secondary N) is 1. The molecule has 3 aromatic rings. The molecule has 0 bridgehead atoms. The molecule has 2 aromatic carbocycles. The summed E-state index contributed by atoms with van der Waals surface area (Å²) in [7, 11) is 0. The molecule has 1 aromatic heterocycles. The summed E-state index contributed by atoms with van der Waals surface area (Å²) >= 11 is 0. The van der Waals surface area contributed by atoms with Gasteiger partial charge in [-0.2, -0.15) is 10.1 Å². The van der Waals surface area contributed by atoms with Gasteiger partial charge < -0.3 is 15.1 Å². The van der Waals surface area contributed by atoms with Crippen molar-refractivity contribution in [1.29, 1.82) is 0 Å². The highest BCUT2D eigenvalue weighted by molar-refractivity contribution is 5.68. The molecule has 1 N–H and O–H groups in total. The molecule has 0 spiro atoms. The fourth-order valence-corrected chi connectivity index (χ4v) is 3.82. The summed E-state index contributed by atoms with van der Waals surface area (Å²) in [5.41, 5.74) is 4.69. The Kier molecular flexibility index (Phi) is 5.10. The van der Waals surface area contributed by atoms with Crippen LogP contribution in [0, 0.1) is 0 Å². The minimum Gasteiger partial charge on any atom is -0.372 e. The van der Waals surface area contributed by atoms with Crippen LogP contribution in [0.5, 0.6) is 0 Å². The van der Waals surface area contributed by atoms with Crippen LogP contribution >= 0.6 is 0 Å². The second-order valence-corrected chi connectivity index (χ2v) is 7.04. The summed E-state index contributed by atoms with van der Waals surface area (Å²) in [6.07, 6.45) is 2.65. The lowest BCUT2D eigenvalue weighted by atomic mass is 10.1. The molecule has 144 valence electrons. The van der Waals surface area contributed by atoms with E-state index >= 15 is 0 Å². The van der Waals surface area contributed by atoms with E-state index in [1.165, 1.54) is 11.3 Å². The maximum absolute atomic E-state index is 4.72. The van der Waals surface area contributed by atoms with Gasteiger partial charge in [0, 0.05) is 36.2 Å². The van der Waals surface area contributed by atoms with E-state index < -0.39 is 0 Å². The summed E-state index contributed by atoms with van der Waals surface area (Å²) in [5.74, 6) is 1.32. The molecule has 28 heavy (non-hydrogen) atoms. The average Bonchev–Trinajstić information content (AvgIpc) is 3.06. The molecule has 1 atom stereocenters. The van der Waals surface area contributed by atoms with Gasteiger partial charge >= 0.3 is 0 Å². The Morgan fingerprint density at radius 2 is 1.82 bits per heavy atom. The molecule has 2 heterocycles. The Hall–Kier alpha value is -3.15. The number of aromatic nitrogens is 3. The van der Waals surface area contributed by atoms with Crippen LogP contribution in [-0.2, 0) is 6.42 Å². The van der Waals surface area contributed by atoms with Crippen molar-refractivity contribution in [2.75, 3.05) is 28.2 Å². The third kappa shape index (κ3) is 3.50. The van der Waals surface area contributed by atoms with Crippen molar-refractivity contribution in [1.82, 2.24) is 15.2 Å². The molecular formula is C22H26N6. The van der Waals surface area contributed by atoms with E-state index in [0.29, 0.717) is 17.8 Å². The minimum atomic E-state index is 0.308. The second kappa shape index (κ2) is 7.84. The van der Waals surface area contributed by atoms with Crippen LogP contribution < -0.4 is 15.1 Å². The van der Waals surface area contributed by atoms with Crippen LogP contribution in [0.15, 0.2) is 54.7 Å². The SMILES string of the molecule is CCN(CC)c1ccc(Nc2cnnc(N3c4ccccc4CC3C)n2)cc1. The molecule has 6 heteroatoms. The third-order valence-corrected chi connectivity index (χ3v) is 5.24. The Morgan fingerprint density at radius 3 is 2.57 bits per heavy atom. The highest BCUT2D eigenvalue weighted by atomic mass is 15.4. The molecule has 0 aliphatic carbocycles. The number of nitrogens with zero attached hydrogens (tertiary/aromatic N) is 5. The molecule has 0 amide bonds. The third-order valence-electron chi connectivity index (χ3n) is 5.24. The zero-order valence-corrected chi connectivity index (χ0v) is 16.6. The zero-order valence-electron chi connectivity index (χ0n) is 16.6. The number of anilines is 5. The second-order valence-electron chi connectivity index (χ2n) is 7.04. The van der Waals surface area contributed by atoms with Crippen LogP contribution in [0.3, 0.4) is 0 Å². The lowest BCUT2D eigenvalue weighted by Crippen LogP contribution is -2.26. The summed E-state index contributed by atoms with van der Waals surface area (Å²) in [6, 6.07) is 17.1. The topological polar surface area (TPSA) is 57.2 Å². The molecule has 0 saturated heterocycles. The first-order valence-electron chi connectivity index (χ1n) is 9.88. The smallest absolute Gasteiger partial charge is 0.252 e. The predicted octanol–water partition coefficient (Wildman–Crippen LogP) is 4.54. The number of para-hydroxylation sites is 1. The quantitative estimate of drug-likeness (QED) is 0.683. The molecule has 0 radical (unpaired) electrons. The first kappa shape index (κ1) is 18.2. The summed E-state index contributed by atoms with van der Waals surface area (Å²) in [6.45, 7) is 8.52. The molecule has 0 fully saturated rings. The van der Waals surface area contributed by atoms with E-state index in [4.69, 9.17) is 4.98 Å². The van der Waals surface area contributed by atoms with Gasteiger partial charge in [-0.1, -0.05) is 18.2 Å². The van der Waals surface area contributed by atoms with Crippen molar-refractivity contribution in [3.63, 3.8) is 0 Å². The first-order chi connectivity index (χ1) is 13.7. The normalized spacial score (nSPS) is 15.4. The predicted molar refractivity (Wildman–Crippen MR) is 115 cm³/mol. The first-order valence-corrected chi connectivity index (χ1v) is 9.88. The van der Waals surface area contributed by atoms with Crippen LogP contribution in [0.25, 0.3) is 0 Å². The van der Waals surface area contributed by atoms with Gasteiger partial charge in [0.2, 0.25) is 0 Å². The van der Waals surface area contributed by atoms with E-state index in [-0.39, 0.29) is 0 Å².